The minimum absolute atomic E-state index is 0.00250. The van der Waals surface area contributed by atoms with Gasteiger partial charge < -0.3 is 9.47 Å². The third kappa shape index (κ3) is 4.81. The molecule has 0 aliphatic heterocycles. The monoisotopic (exact) mass is 360 g/mol. The van der Waals surface area contributed by atoms with Crippen LogP contribution >= 0.6 is 0 Å². The van der Waals surface area contributed by atoms with Gasteiger partial charge in [0.25, 0.3) is 0 Å². The fourth-order valence-corrected chi connectivity index (χ4v) is 3.34. The first-order valence-corrected chi connectivity index (χ1v) is 8.88. The van der Waals surface area contributed by atoms with Gasteiger partial charge in [-0.2, -0.15) is 8.78 Å². The number of esters is 1. The highest BCUT2D eigenvalue weighted by atomic mass is 19.3. The molecule has 0 unspecified atom stereocenters. The van der Waals surface area contributed by atoms with E-state index in [1.807, 2.05) is 12.1 Å². The summed E-state index contributed by atoms with van der Waals surface area (Å²) in [7, 11) is 0. The van der Waals surface area contributed by atoms with Crippen molar-refractivity contribution < 1.29 is 23.0 Å². The third-order valence-corrected chi connectivity index (χ3v) is 4.89. The molecule has 0 saturated heterocycles. The van der Waals surface area contributed by atoms with Crippen LogP contribution in [0, 0.1) is 5.92 Å². The van der Waals surface area contributed by atoms with E-state index in [1.54, 1.807) is 12.1 Å². The van der Waals surface area contributed by atoms with E-state index in [2.05, 4.69) is 11.7 Å². The SMILES string of the molecule is C[C@H]1CC[C@H](c2ccc(OC(=O)c3ccc(OC(F)F)cc3)cc2)CC1. The highest BCUT2D eigenvalue weighted by Crippen LogP contribution is 2.36. The molecule has 2 aromatic carbocycles. The average Bonchev–Trinajstić information content (AvgIpc) is 2.63. The standard InChI is InChI=1S/C21H22F2O3/c1-14-2-4-15(5-3-14)16-6-10-18(11-7-16)25-20(24)17-8-12-19(13-9-17)26-21(22)23/h6-15,21H,2-5H2,1H3/t14-,15-. The normalized spacial score (nSPS) is 20.0. The Bertz CT molecular complexity index is 718. The molecular weight excluding hydrogens is 338 g/mol. The lowest BCUT2D eigenvalue weighted by molar-refractivity contribution is -0.0498. The van der Waals surface area contributed by atoms with E-state index in [0.717, 1.165) is 5.92 Å². The predicted octanol–water partition coefficient (Wildman–Crippen LogP) is 5.80. The van der Waals surface area contributed by atoms with Crippen molar-refractivity contribution in [3.8, 4) is 11.5 Å². The Hall–Kier alpha value is -2.43. The summed E-state index contributed by atoms with van der Waals surface area (Å²) in [4.78, 5) is 12.2. The Morgan fingerprint density at radius 1 is 0.923 bits per heavy atom. The fraction of sp³-hybridized carbons (Fsp3) is 0.381. The number of alkyl halides is 2. The Labute approximate surface area is 151 Å². The van der Waals surface area contributed by atoms with Crippen LogP contribution in [-0.4, -0.2) is 12.6 Å². The van der Waals surface area contributed by atoms with Gasteiger partial charge in [0.2, 0.25) is 0 Å². The number of halogens is 2. The average molecular weight is 360 g/mol. The van der Waals surface area contributed by atoms with Gasteiger partial charge in [0.15, 0.2) is 0 Å². The number of hydrogen-bond donors (Lipinski definition) is 0. The third-order valence-electron chi connectivity index (χ3n) is 4.89. The van der Waals surface area contributed by atoms with E-state index in [9.17, 15) is 13.6 Å². The van der Waals surface area contributed by atoms with E-state index < -0.39 is 12.6 Å². The smallest absolute Gasteiger partial charge is 0.387 e. The molecule has 138 valence electrons. The van der Waals surface area contributed by atoms with Gasteiger partial charge in [0.05, 0.1) is 5.56 Å². The molecule has 0 atom stereocenters. The Balaban J connectivity index is 1.59. The van der Waals surface area contributed by atoms with E-state index in [-0.39, 0.29) is 11.3 Å². The molecule has 1 saturated carbocycles. The van der Waals surface area contributed by atoms with Gasteiger partial charge in [0, 0.05) is 0 Å². The maximum Gasteiger partial charge on any atom is 0.387 e. The van der Waals surface area contributed by atoms with Crippen LogP contribution in [0.4, 0.5) is 8.78 Å². The number of benzene rings is 2. The van der Waals surface area contributed by atoms with Crippen LogP contribution in [0.2, 0.25) is 0 Å². The minimum Gasteiger partial charge on any atom is -0.435 e. The molecule has 0 bridgehead atoms. The first kappa shape index (κ1) is 18.4. The Morgan fingerprint density at radius 3 is 2.08 bits per heavy atom. The largest absolute Gasteiger partial charge is 0.435 e. The molecule has 26 heavy (non-hydrogen) atoms. The van der Waals surface area contributed by atoms with E-state index in [0.29, 0.717) is 11.7 Å². The van der Waals surface area contributed by atoms with Crippen LogP contribution in [0.5, 0.6) is 11.5 Å². The van der Waals surface area contributed by atoms with Crippen molar-refractivity contribution in [1.82, 2.24) is 0 Å². The van der Waals surface area contributed by atoms with Crippen molar-refractivity contribution in [3.63, 3.8) is 0 Å². The number of hydrogen-bond acceptors (Lipinski definition) is 3. The van der Waals surface area contributed by atoms with Crippen molar-refractivity contribution in [1.29, 1.82) is 0 Å². The van der Waals surface area contributed by atoms with Crippen LogP contribution in [0.25, 0.3) is 0 Å². The summed E-state index contributed by atoms with van der Waals surface area (Å²) in [5.41, 5.74) is 1.56. The summed E-state index contributed by atoms with van der Waals surface area (Å²) < 4.78 is 33.9. The quantitative estimate of drug-likeness (QED) is 0.499. The van der Waals surface area contributed by atoms with Gasteiger partial charge in [-0.3, -0.25) is 0 Å². The zero-order valence-electron chi connectivity index (χ0n) is 14.7. The first-order chi connectivity index (χ1) is 12.5. The van der Waals surface area contributed by atoms with Gasteiger partial charge in [-0.15, -0.1) is 0 Å². The highest BCUT2D eigenvalue weighted by Gasteiger charge is 2.19. The summed E-state index contributed by atoms with van der Waals surface area (Å²) in [5.74, 6) is 1.33. The second-order valence-corrected chi connectivity index (χ2v) is 6.82. The predicted molar refractivity (Wildman–Crippen MR) is 94.8 cm³/mol. The highest BCUT2D eigenvalue weighted by molar-refractivity contribution is 5.91. The van der Waals surface area contributed by atoms with Gasteiger partial charge in [-0.25, -0.2) is 4.79 Å². The summed E-state index contributed by atoms with van der Waals surface area (Å²) >= 11 is 0. The van der Waals surface area contributed by atoms with E-state index >= 15 is 0 Å². The van der Waals surface area contributed by atoms with Gasteiger partial charge in [-0.1, -0.05) is 31.9 Å². The van der Waals surface area contributed by atoms with Gasteiger partial charge >= 0.3 is 12.6 Å². The van der Waals surface area contributed by atoms with Crippen molar-refractivity contribution >= 4 is 5.97 Å². The lowest BCUT2D eigenvalue weighted by Crippen LogP contribution is -2.11. The number of ether oxygens (including phenoxy) is 2. The number of carbonyl (C=O) groups excluding carboxylic acids is 1. The second kappa shape index (κ2) is 8.30. The lowest BCUT2D eigenvalue weighted by Gasteiger charge is -2.26. The zero-order chi connectivity index (χ0) is 18.5. The van der Waals surface area contributed by atoms with Crippen LogP contribution in [-0.2, 0) is 0 Å². The maximum atomic E-state index is 12.2. The van der Waals surface area contributed by atoms with Crippen LogP contribution in [0.3, 0.4) is 0 Å². The van der Waals surface area contributed by atoms with Crippen molar-refractivity contribution in [2.45, 2.75) is 45.1 Å². The molecule has 0 radical (unpaired) electrons. The molecule has 1 fully saturated rings. The summed E-state index contributed by atoms with van der Waals surface area (Å²) in [6.45, 7) is -0.594. The molecule has 0 spiro atoms. The first-order valence-electron chi connectivity index (χ1n) is 8.88. The minimum atomic E-state index is -2.89. The molecule has 1 aliphatic carbocycles. The fourth-order valence-electron chi connectivity index (χ4n) is 3.34. The summed E-state index contributed by atoms with van der Waals surface area (Å²) in [6.07, 6.45) is 4.92. The van der Waals surface area contributed by atoms with Crippen LogP contribution in [0.15, 0.2) is 48.5 Å². The molecule has 1 aliphatic rings. The lowest BCUT2D eigenvalue weighted by atomic mass is 9.79. The molecule has 0 amide bonds. The Kier molecular flexibility index (Phi) is 5.86. The van der Waals surface area contributed by atoms with Crippen LogP contribution in [0.1, 0.15) is 54.4 Å². The number of rotatable bonds is 5. The van der Waals surface area contributed by atoms with Crippen molar-refractivity contribution in [2.75, 3.05) is 0 Å². The topological polar surface area (TPSA) is 35.5 Å². The van der Waals surface area contributed by atoms with E-state index in [1.165, 1.54) is 55.5 Å². The molecule has 5 heteroatoms. The number of carbonyl (C=O) groups is 1. The zero-order valence-corrected chi connectivity index (χ0v) is 14.7. The molecule has 0 N–H and O–H groups in total. The summed E-state index contributed by atoms with van der Waals surface area (Å²) in [6, 6.07) is 13.1. The molecule has 2 aromatic rings. The second-order valence-electron chi connectivity index (χ2n) is 6.82. The van der Waals surface area contributed by atoms with Gasteiger partial charge in [-0.05, 0) is 66.6 Å². The molecule has 3 nitrogen and oxygen atoms in total. The van der Waals surface area contributed by atoms with E-state index in [4.69, 9.17) is 4.74 Å². The van der Waals surface area contributed by atoms with Crippen molar-refractivity contribution in [2.24, 2.45) is 5.92 Å². The Morgan fingerprint density at radius 2 is 1.50 bits per heavy atom. The van der Waals surface area contributed by atoms with Crippen molar-refractivity contribution in [3.05, 3.63) is 59.7 Å². The van der Waals surface area contributed by atoms with Crippen LogP contribution < -0.4 is 9.47 Å². The van der Waals surface area contributed by atoms with Gasteiger partial charge in [0.1, 0.15) is 11.5 Å². The molecule has 0 heterocycles. The molecule has 3 rings (SSSR count). The molecular formula is C21H22F2O3. The molecule has 0 aromatic heterocycles. The maximum absolute atomic E-state index is 12.2. The summed E-state index contributed by atoms with van der Waals surface area (Å²) in [5, 5.41) is 0.